The van der Waals surface area contributed by atoms with Gasteiger partial charge in [0.15, 0.2) is 17.5 Å². The van der Waals surface area contributed by atoms with Crippen molar-refractivity contribution >= 4 is 5.96 Å². The molecule has 0 bridgehead atoms. The van der Waals surface area contributed by atoms with Crippen molar-refractivity contribution in [2.45, 2.75) is 25.9 Å². The summed E-state index contributed by atoms with van der Waals surface area (Å²) < 4.78 is 40.3. The van der Waals surface area contributed by atoms with E-state index in [0.29, 0.717) is 18.7 Å². The molecule has 0 aromatic heterocycles. The van der Waals surface area contributed by atoms with Gasteiger partial charge in [0, 0.05) is 38.7 Å². The summed E-state index contributed by atoms with van der Waals surface area (Å²) in [4.78, 5) is 6.66. The van der Waals surface area contributed by atoms with E-state index in [0.717, 1.165) is 50.7 Å². The van der Waals surface area contributed by atoms with E-state index in [1.807, 2.05) is 6.07 Å². The molecule has 2 aliphatic heterocycles. The van der Waals surface area contributed by atoms with Gasteiger partial charge >= 0.3 is 6.61 Å². The minimum Gasteiger partial charge on any atom is -0.493 e. The van der Waals surface area contributed by atoms with Gasteiger partial charge in [0.1, 0.15) is 0 Å². The normalized spacial score (nSPS) is 22.7. The first-order valence-corrected chi connectivity index (χ1v) is 9.20. The van der Waals surface area contributed by atoms with Crippen LogP contribution in [0.5, 0.6) is 11.5 Å². The summed E-state index contributed by atoms with van der Waals surface area (Å²) in [6.07, 6.45) is 2.89. The first-order valence-electron chi connectivity index (χ1n) is 9.20. The predicted molar refractivity (Wildman–Crippen MR) is 98.8 cm³/mol. The smallest absolute Gasteiger partial charge is 0.387 e. The van der Waals surface area contributed by atoms with E-state index in [1.54, 1.807) is 19.2 Å². The minimum atomic E-state index is -2.88. The van der Waals surface area contributed by atoms with Crippen LogP contribution >= 0.6 is 0 Å². The maximum absolute atomic E-state index is 12.6. The molecule has 0 aliphatic carbocycles. The topological polar surface area (TPSA) is 55.3 Å². The number of halogens is 2. The Kier molecular flexibility index (Phi) is 6.36. The zero-order valence-electron chi connectivity index (χ0n) is 15.8. The molecule has 150 valence electrons. The van der Waals surface area contributed by atoms with Crippen molar-refractivity contribution in [1.82, 2.24) is 10.2 Å². The maximum Gasteiger partial charge on any atom is 0.387 e. The molecule has 27 heavy (non-hydrogen) atoms. The number of benzene rings is 1. The van der Waals surface area contributed by atoms with Crippen LogP contribution in [0.25, 0.3) is 0 Å². The molecular formula is C19H27F2N3O3. The van der Waals surface area contributed by atoms with Crippen LogP contribution in [-0.4, -0.2) is 64.5 Å². The van der Waals surface area contributed by atoms with Crippen LogP contribution in [0.4, 0.5) is 8.78 Å². The molecule has 6 nitrogen and oxygen atoms in total. The third-order valence-corrected chi connectivity index (χ3v) is 5.28. The Bertz CT molecular complexity index is 664. The number of hydrogen-bond acceptors (Lipinski definition) is 4. The van der Waals surface area contributed by atoms with Gasteiger partial charge in [-0.1, -0.05) is 6.07 Å². The van der Waals surface area contributed by atoms with Gasteiger partial charge in [0.2, 0.25) is 0 Å². The molecule has 2 aliphatic rings. The Morgan fingerprint density at radius 3 is 2.89 bits per heavy atom. The summed E-state index contributed by atoms with van der Waals surface area (Å²) in [5, 5.41) is 3.37. The van der Waals surface area contributed by atoms with E-state index >= 15 is 0 Å². The molecule has 0 saturated carbocycles. The van der Waals surface area contributed by atoms with Crippen LogP contribution in [0.15, 0.2) is 23.2 Å². The number of nitrogens with one attached hydrogen (secondary N) is 1. The third kappa shape index (κ3) is 4.80. The van der Waals surface area contributed by atoms with E-state index in [4.69, 9.17) is 9.47 Å². The second-order valence-corrected chi connectivity index (χ2v) is 7.06. The van der Waals surface area contributed by atoms with Gasteiger partial charge in [-0.25, -0.2) is 0 Å². The summed E-state index contributed by atoms with van der Waals surface area (Å²) in [7, 11) is 3.21. The average molecular weight is 383 g/mol. The lowest BCUT2D eigenvalue weighted by atomic mass is 9.87. The molecule has 2 fully saturated rings. The van der Waals surface area contributed by atoms with Gasteiger partial charge in [0.25, 0.3) is 0 Å². The second-order valence-electron chi connectivity index (χ2n) is 7.06. The molecular weight excluding hydrogens is 356 g/mol. The summed E-state index contributed by atoms with van der Waals surface area (Å²) in [6.45, 7) is 1.37. The lowest BCUT2D eigenvalue weighted by Gasteiger charge is -2.25. The molecule has 2 heterocycles. The molecule has 8 heteroatoms. The standard InChI is InChI=1S/C19H27F2N3O3/c1-22-18(24-9-6-19(12-24)7-10-26-13-19)23-8-5-14-3-4-15(25-2)16(11-14)27-17(20)21/h3-4,11,17H,5-10,12-13H2,1-2H3,(H,22,23). The van der Waals surface area contributed by atoms with Crippen molar-refractivity contribution < 1.29 is 23.0 Å². The van der Waals surface area contributed by atoms with Crippen LogP contribution in [0.2, 0.25) is 0 Å². The van der Waals surface area contributed by atoms with E-state index < -0.39 is 6.61 Å². The summed E-state index contributed by atoms with van der Waals surface area (Å²) in [5.74, 6) is 1.22. The number of nitrogens with zero attached hydrogens (tertiary/aromatic N) is 2. The highest BCUT2D eigenvalue weighted by atomic mass is 19.3. The molecule has 2 saturated heterocycles. The van der Waals surface area contributed by atoms with Crippen LogP contribution in [-0.2, 0) is 11.2 Å². The largest absolute Gasteiger partial charge is 0.493 e. The Morgan fingerprint density at radius 1 is 1.37 bits per heavy atom. The van der Waals surface area contributed by atoms with Crippen molar-refractivity contribution in [2.75, 3.05) is 47.0 Å². The zero-order valence-corrected chi connectivity index (χ0v) is 15.8. The SMILES string of the molecule is CN=C(NCCc1ccc(OC)c(OC(F)F)c1)N1CCC2(CCOC2)C1. The molecule has 1 aromatic rings. The summed E-state index contributed by atoms with van der Waals surface area (Å²) in [5.41, 5.74) is 1.16. The number of rotatable bonds is 6. The van der Waals surface area contributed by atoms with Crippen molar-refractivity contribution in [1.29, 1.82) is 0 Å². The van der Waals surface area contributed by atoms with Gasteiger partial charge < -0.3 is 24.4 Å². The van der Waals surface area contributed by atoms with E-state index in [1.165, 1.54) is 7.11 Å². The predicted octanol–water partition coefficient (Wildman–Crippen LogP) is 2.53. The van der Waals surface area contributed by atoms with Crippen molar-refractivity contribution in [3.8, 4) is 11.5 Å². The Labute approximate surface area is 158 Å². The van der Waals surface area contributed by atoms with Gasteiger partial charge in [-0.05, 0) is 37.0 Å². The van der Waals surface area contributed by atoms with Crippen molar-refractivity contribution in [3.63, 3.8) is 0 Å². The number of methoxy groups -OCH3 is 1. The van der Waals surface area contributed by atoms with E-state index in [9.17, 15) is 8.78 Å². The zero-order chi connectivity index (χ0) is 19.3. The number of aliphatic imine (C=N–C) groups is 1. The lowest BCUT2D eigenvalue weighted by molar-refractivity contribution is -0.0512. The van der Waals surface area contributed by atoms with Crippen LogP contribution < -0.4 is 14.8 Å². The van der Waals surface area contributed by atoms with Crippen molar-refractivity contribution in [2.24, 2.45) is 10.4 Å². The fraction of sp³-hybridized carbons (Fsp3) is 0.632. The first-order chi connectivity index (χ1) is 13.0. The van der Waals surface area contributed by atoms with E-state index in [2.05, 4.69) is 19.9 Å². The number of ether oxygens (including phenoxy) is 3. The second kappa shape index (κ2) is 8.73. The molecule has 0 amide bonds. The minimum absolute atomic E-state index is 0.0529. The van der Waals surface area contributed by atoms with E-state index in [-0.39, 0.29) is 11.2 Å². The van der Waals surface area contributed by atoms with Crippen LogP contribution in [0.1, 0.15) is 18.4 Å². The molecule has 1 aromatic carbocycles. The Hall–Kier alpha value is -2.09. The molecule has 1 atom stereocenters. The fourth-order valence-corrected chi connectivity index (χ4v) is 3.80. The highest BCUT2D eigenvalue weighted by Gasteiger charge is 2.42. The quantitative estimate of drug-likeness (QED) is 0.604. The molecule has 1 unspecified atom stereocenters. The maximum atomic E-state index is 12.6. The fourth-order valence-electron chi connectivity index (χ4n) is 3.80. The number of hydrogen-bond donors (Lipinski definition) is 1. The van der Waals surface area contributed by atoms with Crippen molar-refractivity contribution in [3.05, 3.63) is 23.8 Å². The molecule has 1 N–H and O–H groups in total. The van der Waals surface area contributed by atoms with Gasteiger partial charge in [-0.3, -0.25) is 4.99 Å². The first kappa shape index (κ1) is 19.7. The van der Waals surface area contributed by atoms with Crippen LogP contribution in [0, 0.1) is 5.41 Å². The molecule has 3 rings (SSSR count). The summed E-state index contributed by atoms with van der Waals surface area (Å²) in [6, 6.07) is 5.09. The Morgan fingerprint density at radius 2 is 2.22 bits per heavy atom. The highest BCUT2D eigenvalue weighted by Crippen LogP contribution is 2.38. The number of likely N-dealkylation sites (tertiary alicyclic amines) is 1. The van der Waals surface area contributed by atoms with Gasteiger partial charge in [-0.15, -0.1) is 0 Å². The number of guanidine groups is 1. The molecule has 0 radical (unpaired) electrons. The van der Waals surface area contributed by atoms with Gasteiger partial charge in [-0.2, -0.15) is 8.78 Å². The third-order valence-electron chi connectivity index (χ3n) is 5.28. The van der Waals surface area contributed by atoms with Gasteiger partial charge in [0.05, 0.1) is 13.7 Å². The van der Waals surface area contributed by atoms with Crippen LogP contribution in [0.3, 0.4) is 0 Å². The monoisotopic (exact) mass is 383 g/mol. The molecule has 1 spiro atoms. The average Bonchev–Trinajstić information content (AvgIpc) is 3.28. The Balaban J connectivity index is 1.54. The number of alkyl halides is 2. The lowest BCUT2D eigenvalue weighted by Crippen LogP contribution is -2.42. The summed E-state index contributed by atoms with van der Waals surface area (Å²) >= 11 is 0. The highest BCUT2D eigenvalue weighted by molar-refractivity contribution is 5.80.